The Kier molecular flexibility index (Phi) is 4.50. The molecule has 3 aromatic rings. The van der Waals surface area contributed by atoms with Crippen molar-refractivity contribution in [2.75, 3.05) is 5.32 Å². The van der Waals surface area contributed by atoms with E-state index >= 15 is 0 Å². The Morgan fingerprint density at radius 1 is 0.958 bits per heavy atom. The summed E-state index contributed by atoms with van der Waals surface area (Å²) in [6, 6.07) is 19.5. The zero-order valence-corrected chi connectivity index (χ0v) is 13.9. The summed E-state index contributed by atoms with van der Waals surface area (Å²) in [5.41, 5.74) is 3.05. The highest BCUT2D eigenvalue weighted by molar-refractivity contribution is 5.74. The molecule has 1 fully saturated rings. The Bertz CT molecular complexity index is 742. The number of nitrogens with one attached hydrogen (secondary N) is 1. The van der Waals surface area contributed by atoms with Crippen molar-refractivity contribution in [2.45, 2.75) is 44.6 Å². The van der Waals surface area contributed by atoms with Crippen LogP contribution in [0.25, 0.3) is 11.1 Å². The van der Waals surface area contributed by atoms with Gasteiger partial charge in [0.15, 0.2) is 5.58 Å². The van der Waals surface area contributed by atoms with E-state index in [1.807, 2.05) is 24.3 Å². The first-order valence-corrected chi connectivity index (χ1v) is 9.05. The van der Waals surface area contributed by atoms with Gasteiger partial charge in [-0.3, -0.25) is 0 Å². The molecule has 1 aliphatic rings. The second-order valence-electron chi connectivity index (χ2n) is 6.83. The molecule has 2 aromatic carbocycles. The van der Waals surface area contributed by atoms with E-state index in [4.69, 9.17) is 4.42 Å². The lowest BCUT2D eigenvalue weighted by Gasteiger charge is -2.27. The van der Waals surface area contributed by atoms with E-state index in [0.717, 1.165) is 23.4 Å². The van der Waals surface area contributed by atoms with Gasteiger partial charge in [0.2, 0.25) is 0 Å². The Morgan fingerprint density at radius 2 is 1.71 bits per heavy atom. The predicted octanol–water partition coefficient (Wildman–Crippen LogP) is 5.95. The Hall–Kier alpha value is -2.29. The number of aromatic nitrogens is 1. The second kappa shape index (κ2) is 7.08. The summed E-state index contributed by atoms with van der Waals surface area (Å²) in [4.78, 5) is 4.59. The molecule has 0 bridgehead atoms. The number of para-hydroxylation sites is 2. The van der Waals surface area contributed by atoms with Gasteiger partial charge in [0.25, 0.3) is 6.01 Å². The molecule has 1 aliphatic carbocycles. The van der Waals surface area contributed by atoms with Gasteiger partial charge >= 0.3 is 0 Å². The summed E-state index contributed by atoms with van der Waals surface area (Å²) in [6.07, 6.45) is 7.97. The van der Waals surface area contributed by atoms with Gasteiger partial charge in [-0.05, 0) is 30.0 Å². The number of hydrogen-bond acceptors (Lipinski definition) is 3. The largest absolute Gasteiger partial charge is 0.424 e. The Morgan fingerprint density at radius 3 is 2.50 bits per heavy atom. The van der Waals surface area contributed by atoms with Crippen molar-refractivity contribution in [1.82, 2.24) is 4.98 Å². The van der Waals surface area contributed by atoms with Gasteiger partial charge in [0.1, 0.15) is 5.52 Å². The van der Waals surface area contributed by atoms with Crippen LogP contribution in [0.4, 0.5) is 6.01 Å². The molecule has 0 amide bonds. The van der Waals surface area contributed by atoms with Crippen molar-refractivity contribution in [3.05, 3.63) is 60.2 Å². The van der Waals surface area contributed by atoms with Crippen molar-refractivity contribution in [1.29, 1.82) is 0 Å². The monoisotopic (exact) mass is 320 g/mol. The van der Waals surface area contributed by atoms with E-state index in [1.54, 1.807) is 0 Å². The summed E-state index contributed by atoms with van der Waals surface area (Å²) >= 11 is 0. The van der Waals surface area contributed by atoms with Crippen LogP contribution in [-0.2, 0) is 0 Å². The zero-order valence-electron chi connectivity index (χ0n) is 13.9. The summed E-state index contributed by atoms with van der Waals surface area (Å²) in [5, 5.41) is 3.55. The maximum Gasteiger partial charge on any atom is 0.296 e. The molecular formula is C21H24N2O. The SMILES string of the molecule is c1ccc(C(CC2CCCCC2)Nc2nc3ccccc3o2)cc1. The van der Waals surface area contributed by atoms with E-state index in [1.165, 1.54) is 37.7 Å². The number of oxazole rings is 1. The van der Waals surface area contributed by atoms with Crippen LogP contribution < -0.4 is 5.32 Å². The minimum Gasteiger partial charge on any atom is -0.424 e. The van der Waals surface area contributed by atoms with Gasteiger partial charge in [0.05, 0.1) is 6.04 Å². The molecule has 0 aliphatic heterocycles. The molecule has 124 valence electrons. The van der Waals surface area contributed by atoms with Gasteiger partial charge in [-0.25, -0.2) is 0 Å². The maximum atomic E-state index is 5.89. The highest BCUT2D eigenvalue weighted by atomic mass is 16.4. The molecular weight excluding hydrogens is 296 g/mol. The molecule has 3 nitrogen and oxygen atoms in total. The van der Waals surface area contributed by atoms with Crippen LogP contribution in [-0.4, -0.2) is 4.98 Å². The molecule has 1 aromatic heterocycles. The summed E-state index contributed by atoms with van der Waals surface area (Å²) in [6.45, 7) is 0. The first kappa shape index (κ1) is 15.3. The molecule has 0 radical (unpaired) electrons. The van der Waals surface area contributed by atoms with E-state index in [0.29, 0.717) is 6.01 Å². The molecule has 24 heavy (non-hydrogen) atoms. The quantitative estimate of drug-likeness (QED) is 0.631. The van der Waals surface area contributed by atoms with Crippen molar-refractivity contribution >= 4 is 17.1 Å². The number of hydrogen-bond donors (Lipinski definition) is 1. The van der Waals surface area contributed by atoms with Crippen LogP contribution in [0.2, 0.25) is 0 Å². The highest BCUT2D eigenvalue weighted by Crippen LogP contribution is 2.34. The number of anilines is 1. The number of fused-ring (bicyclic) bond motifs is 1. The fourth-order valence-electron chi connectivity index (χ4n) is 3.80. The minimum absolute atomic E-state index is 0.252. The minimum atomic E-state index is 0.252. The van der Waals surface area contributed by atoms with Crippen LogP contribution in [0, 0.1) is 5.92 Å². The van der Waals surface area contributed by atoms with Crippen molar-refractivity contribution < 1.29 is 4.42 Å². The standard InChI is InChI=1S/C21H24N2O/c1-3-9-16(10-4-1)15-19(17-11-5-2-6-12-17)23-21-22-18-13-7-8-14-20(18)24-21/h2,5-8,11-14,16,19H,1,3-4,9-10,15H2,(H,22,23). The molecule has 1 saturated carbocycles. The average Bonchev–Trinajstić information content (AvgIpc) is 3.05. The first-order chi connectivity index (χ1) is 11.9. The zero-order chi connectivity index (χ0) is 16.2. The van der Waals surface area contributed by atoms with E-state index in [9.17, 15) is 0 Å². The van der Waals surface area contributed by atoms with Crippen LogP contribution in [0.5, 0.6) is 0 Å². The molecule has 1 N–H and O–H groups in total. The van der Waals surface area contributed by atoms with Crippen LogP contribution >= 0.6 is 0 Å². The maximum absolute atomic E-state index is 5.89. The van der Waals surface area contributed by atoms with Crippen molar-refractivity contribution in [3.63, 3.8) is 0 Å². The molecule has 0 saturated heterocycles. The molecule has 1 atom stereocenters. The lowest BCUT2D eigenvalue weighted by atomic mass is 9.83. The lowest BCUT2D eigenvalue weighted by Crippen LogP contribution is -2.17. The van der Waals surface area contributed by atoms with Crippen molar-refractivity contribution in [2.24, 2.45) is 5.92 Å². The normalized spacial score (nSPS) is 17.0. The van der Waals surface area contributed by atoms with Gasteiger partial charge in [0, 0.05) is 0 Å². The molecule has 4 rings (SSSR count). The van der Waals surface area contributed by atoms with Gasteiger partial charge in [-0.1, -0.05) is 74.6 Å². The highest BCUT2D eigenvalue weighted by Gasteiger charge is 2.21. The number of nitrogens with zero attached hydrogens (tertiary/aromatic N) is 1. The summed E-state index contributed by atoms with van der Waals surface area (Å²) in [7, 11) is 0. The fourth-order valence-corrected chi connectivity index (χ4v) is 3.80. The van der Waals surface area contributed by atoms with Gasteiger partial charge in [-0.2, -0.15) is 4.98 Å². The van der Waals surface area contributed by atoms with E-state index in [2.05, 4.69) is 40.6 Å². The second-order valence-corrected chi connectivity index (χ2v) is 6.83. The number of rotatable bonds is 5. The molecule has 1 unspecified atom stereocenters. The topological polar surface area (TPSA) is 38.1 Å². The first-order valence-electron chi connectivity index (χ1n) is 9.05. The Balaban J connectivity index is 1.57. The smallest absolute Gasteiger partial charge is 0.296 e. The lowest BCUT2D eigenvalue weighted by molar-refractivity contribution is 0.323. The van der Waals surface area contributed by atoms with E-state index in [-0.39, 0.29) is 6.04 Å². The van der Waals surface area contributed by atoms with Gasteiger partial charge in [-0.15, -0.1) is 0 Å². The third-order valence-electron chi connectivity index (χ3n) is 5.09. The molecule has 1 heterocycles. The van der Waals surface area contributed by atoms with Crippen LogP contribution in [0.15, 0.2) is 59.0 Å². The molecule has 0 spiro atoms. The molecule has 3 heteroatoms. The predicted molar refractivity (Wildman–Crippen MR) is 98.0 cm³/mol. The summed E-state index contributed by atoms with van der Waals surface area (Å²) in [5.74, 6) is 0.792. The third kappa shape index (κ3) is 3.45. The average molecular weight is 320 g/mol. The van der Waals surface area contributed by atoms with Gasteiger partial charge < -0.3 is 9.73 Å². The van der Waals surface area contributed by atoms with Crippen molar-refractivity contribution in [3.8, 4) is 0 Å². The number of benzene rings is 2. The van der Waals surface area contributed by atoms with Crippen LogP contribution in [0.1, 0.15) is 50.1 Å². The summed E-state index contributed by atoms with van der Waals surface area (Å²) < 4.78 is 5.89. The third-order valence-corrected chi connectivity index (χ3v) is 5.09. The fraction of sp³-hybridized carbons (Fsp3) is 0.381. The van der Waals surface area contributed by atoms with E-state index < -0.39 is 0 Å². The van der Waals surface area contributed by atoms with Crippen LogP contribution in [0.3, 0.4) is 0 Å². The Labute approximate surface area is 143 Å².